The highest BCUT2D eigenvalue weighted by atomic mass is 16.7. The summed E-state index contributed by atoms with van der Waals surface area (Å²) >= 11 is 0. The van der Waals surface area contributed by atoms with Crippen molar-refractivity contribution in [2.45, 2.75) is 20.4 Å². The molecule has 0 unspecified atom stereocenters. The van der Waals surface area contributed by atoms with E-state index in [1.54, 1.807) is 18.2 Å². The molecule has 3 aromatic rings. The summed E-state index contributed by atoms with van der Waals surface area (Å²) < 4.78 is 10.8. The van der Waals surface area contributed by atoms with E-state index < -0.39 is 0 Å². The van der Waals surface area contributed by atoms with Crippen LogP contribution in [0.4, 0.5) is 5.69 Å². The van der Waals surface area contributed by atoms with Gasteiger partial charge in [-0.2, -0.15) is 0 Å². The molecule has 0 bridgehead atoms. The maximum absolute atomic E-state index is 13.5. The van der Waals surface area contributed by atoms with Crippen LogP contribution in [0.5, 0.6) is 11.5 Å². The van der Waals surface area contributed by atoms with E-state index in [9.17, 15) is 9.59 Å². The predicted octanol–water partition coefficient (Wildman–Crippen LogP) is 4.42. The van der Waals surface area contributed by atoms with Crippen molar-refractivity contribution in [1.29, 1.82) is 0 Å². The van der Waals surface area contributed by atoms with E-state index in [0.29, 0.717) is 28.3 Å². The summed E-state index contributed by atoms with van der Waals surface area (Å²) in [6.07, 6.45) is 0. The molecule has 1 N–H and O–H groups in total. The van der Waals surface area contributed by atoms with E-state index in [0.717, 1.165) is 16.7 Å². The van der Waals surface area contributed by atoms with Crippen molar-refractivity contribution in [2.75, 3.05) is 12.1 Å². The molecule has 6 nitrogen and oxygen atoms in total. The molecule has 0 saturated heterocycles. The fourth-order valence-electron chi connectivity index (χ4n) is 3.88. The summed E-state index contributed by atoms with van der Waals surface area (Å²) in [6, 6.07) is 20.6. The van der Waals surface area contributed by atoms with Crippen LogP contribution >= 0.6 is 0 Å². The third-order valence-corrected chi connectivity index (χ3v) is 5.79. The predicted molar refractivity (Wildman–Crippen MR) is 121 cm³/mol. The molecule has 2 aliphatic heterocycles. The Labute approximate surface area is 186 Å². The first-order valence-electron chi connectivity index (χ1n) is 10.4. The Hall–Kier alpha value is -4.06. The molecular formula is C26H22N2O4. The lowest BCUT2D eigenvalue weighted by atomic mass is 9.99. The van der Waals surface area contributed by atoms with Gasteiger partial charge in [-0.3, -0.25) is 14.5 Å². The number of nitrogens with one attached hydrogen (secondary N) is 1. The van der Waals surface area contributed by atoms with Crippen LogP contribution in [0.3, 0.4) is 0 Å². The maximum atomic E-state index is 13.5. The third kappa shape index (κ3) is 3.50. The Morgan fingerprint density at radius 3 is 2.41 bits per heavy atom. The second kappa shape index (κ2) is 7.89. The van der Waals surface area contributed by atoms with Gasteiger partial charge in [0.2, 0.25) is 6.79 Å². The van der Waals surface area contributed by atoms with E-state index in [-0.39, 0.29) is 30.8 Å². The van der Waals surface area contributed by atoms with Crippen LogP contribution in [0.2, 0.25) is 0 Å². The molecule has 5 rings (SSSR count). The SMILES string of the molecule is Cc1ccc(C2=C(Nc3ccc4c(c3)OCO4)C(=O)N(Cc3ccccc3)C2=O)cc1C. The normalized spacial score (nSPS) is 15.0. The molecule has 0 atom stereocenters. The zero-order chi connectivity index (χ0) is 22.2. The van der Waals surface area contributed by atoms with E-state index in [2.05, 4.69) is 5.32 Å². The fourth-order valence-corrected chi connectivity index (χ4v) is 3.88. The monoisotopic (exact) mass is 426 g/mol. The molecule has 0 aliphatic carbocycles. The van der Waals surface area contributed by atoms with Crippen LogP contribution in [-0.2, 0) is 16.1 Å². The van der Waals surface area contributed by atoms with Crippen molar-refractivity contribution in [3.63, 3.8) is 0 Å². The largest absolute Gasteiger partial charge is 0.454 e. The molecule has 2 amide bonds. The Morgan fingerprint density at radius 1 is 0.844 bits per heavy atom. The number of benzene rings is 3. The fraction of sp³-hybridized carbons (Fsp3) is 0.154. The van der Waals surface area contributed by atoms with E-state index in [4.69, 9.17) is 9.47 Å². The molecule has 32 heavy (non-hydrogen) atoms. The number of carbonyl (C=O) groups is 2. The van der Waals surface area contributed by atoms with Gasteiger partial charge in [0.25, 0.3) is 11.8 Å². The quantitative estimate of drug-likeness (QED) is 0.612. The Morgan fingerprint density at radius 2 is 1.62 bits per heavy atom. The van der Waals surface area contributed by atoms with Gasteiger partial charge in [-0.05, 0) is 48.2 Å². The van der Waals surface area contributed by atoms with E-state index >= 15 is 0 Å². The summed E-state index contributed by atoms with van der Waals surface area (Å²) in [5, 5.41) is 3.18. The van der Waals surface area contributed by atoms with Crippen LogP contribution in [-0.4, -0.2) is 23.5 Å². The molecule has 0 spiro atoms. The van der Waals surface area contributed by atoms with Crippen LogP contribution in [0.15, 0.2) is 72.4 Å². The van der Waals surface area contributed by atoms with Crippen molar-refractivity contribution in [3.05, 3.63) is 94.7 Å². The maximum Gasteiger partial charge on any atom is 0.278 e. The molecule has 0 fully saturated rings. The van der Waals surface area contributed by atoms with Crippen LogP contribution in [0.1, 0.15) is 22.3 Å². The highest BCUT2D eigenvalue weighted by Crippen LogP contribution is 2.37. The highest BCUT2D eigenvalue weighted by Gasteiger charge is 2.39. The van der Waals surface area contributed by atoms with Crippen molar-refractivity contribution >= 4 is 23.1 Å². The van der Waals surface area contributed by atoms with Gasteiger partial charge in [-0.25, -0.2) is 0 Å². The second-order valence-electron chi connectivity index (χ2n) is 7.92. The molecule has 3 aromatic carbocycles. The number of hydrogen-bond donors (Lipinski definition) is 1. The lowest BCUT2D eigenvalue weighted by Crippen LogP contribution is -2.32. The number of aryl methyl sites for hydroxylation is 2. The zero-order valence-electron chi connectivity index (χ0n) is 17.8. The number of amides is 2. The van der Waals surface area contributed by atoms with Crippen LogP contribution in [0, 0.1) is 13.8 Å². The summed E-state index contributed by atoms with van der Waals surface area (Å²) in [5.41, 5.74) is 5.05. The van der Waals surface area contributed by atoms with Crippen LogP contribution in [0.25, 0.3) is 5.57 Å². The standard InChI is InChI=1S/C26H22N2O4/c1-16-8-9-19(12-17(16)2)23-24(27-20-10-11-21-22(13-20)32-15-31-21)26(30)28(25(23)29)14-18-6-4-3-5-7-18/h3-13,27H,14-15H2,1-2H3. The Bertz CT molecular complexity index is 1260. The number of anilines is 1. The number of imide groups is 1. The smallest absolute Gasteiger partial charge is 0.278 e. The van der Waals surface area contributed by atoms with Gasteiger partial charge in [-0.15, -0.1) is 0 Å². The minimum atomic E-state index is -0.357. The molecule has 0 aromatic heterocycles. The molecule has 0 saturated carbocycles. The summed E-state index contributed by atoms with van der Waals surface area (Å²) in [5.74, 6) is 0.579. The molecular weight excluding hydrogens is 404 g/mol. The summed E-state index contributed by atoms with van der Waals surface area (Å²) in [4.78, 5) is 28.2. The summed E-state index contributed by atoms with van der Waals surface area (Å²) in [6.45, 7) is 4.38. The van der Waals surface area contributed by atoms with Crippen LogP contribution < -0.4 is 14.8 Å². The molecule has 0 radical (unpaired) electrons. The van der Waals surface area contributed by atoms with Gasteiger partial charge in [-0.1, -0.05) is 48.5 Å². The number of carbonyl (C=O) groups excluding carboxylic acids is 2. The van der Waals surface area contributed by atoms with Gasteiger partial charge < -0.3 is 14.8 Å². The van der Waals surface area contributed by atoms with Crippen molar-refractivity contribution < 1.29 is 19.1 Å². The minimum absolute atomic E-state index is 0.164. The van der Waals surface area contributed by atoms with Gasteiger partial charge in [0.15, 0.2) is 11.5 Å². The van der Waals surface area contributed by atoms with Crippen molar-refractivity contribution in [1.82, 2.24) is 4.90 Å². The Kier molecular flexibility index (Phi) is 4.90. The first-order chi connectivity index (χ1) is 15.5. The van der Waals surface area contributed by atoms with E-state index in [1.807, 2.05) is 62.4 Å². The van der Waals surface area contributed by atoms with Gasteiger partial charge in [0.1, 0.15) is 5.70 Å². The van der Waals surface area contributed by atoms with Crippen molar-refractivity contribution in [3.8, 4) is 11.5 Å². The topological polar surface area (TPSA) is 67.9 Å². The van der Waals surface area contributed by atoms with Gasteiger partial charge >= 0.3 is 0 Å². The molecule has 2 heterocycles. The van der Waals surface area contributed by atoms with E-state index in [1.165, 1.54) is 4.90 Å². The number of ether oxygens (including phenoxy) is 2. The number of nitrogens with zero attached hydrogens (tertiary/aromatic N) is 1. The minimum Gasteiger partial charge on any atom is -0.454 e. The molecule has 160 valence electrons. The van der Waals surface area contributed by atoms with Gasteiger partial charge in [0.05, 0.1) is 12.1 Å². The number of hydrogen-bond acceptors (Lipinski definition) is 5. The number of fused-ring (bicyclic) bond motifs is 1. The highest BCUT2D eigenvalue weighted by molar-refractivity contribution is 6.36. The second-order valence-corrected chi connectivity index (χ2v) is 7.92. The lowest BCUT2D eigenvalue weighted by Gasteiger charge is -2.15. The average Bonchev–Trinajstić information content (AvgIpc) is 3.35. The molecule has 2 aliphatic rings. The Balaban J connectivity index is 1.55. The van der Waals surface area contributed by atoms with Crippen molar-refractivity contribution in [2.24, 2.45) is 0 Å². The summed E-state index contributed by atoms with van der Waals surface area (Å²) in [7, 11) is 0. The lowest BCUT2D eigenvalue weighted by molar-refractivity contribution is -0.137. The first-order valence-corrected chi connectivity index (χ1v) is 10.4. The third-order valence-electron chi connectivity index (χ3n) is 5.79. The molecule has 6 heteroatoms. The van der Waals surface area contributed by atoms with Gasteiger partial charge in [0, 0.05) is 11.8 Å². The number of rotatable bonds is 5. The average molecular weight is 426 g/mol. The zero-order valence-corrected chi connectivity index (χ0v) is 17.8. The first kappa shape index (κ1) is 19.9.